The van der Waals surface area contributed by atoms with Gasteiger partial charge in [0.15, 0.2) is 0 Å². The van der Waals surface area contributed by atoms with Crippen molar-refractivity contribution in [2.45, 2.75) is 45.7 Å². The van der Waals surface area contributed by atoms with Crippen molar-refractivity contribution in [3.63, 3.8) is 0 Å². The molecule has 0 aliphatic heterocycles. The Hall–Kier alpha value is 1.37. The zero-order valence-corrected chi connectivity index (χ0v) is 17.0. The summed E-state index contributed by atoms with van der Waals surface area (Å²) in [6.45, 7) is 14.7. The van der Waals surface area contributed by atoms with Crippen molar-refractivity contribution in [1.82, 2.24) is 0 Å². The maximum absolute atomic E-state index is 2.84. The van der Waals surface area contributed by atoms with Gasteiger partial charge in [-0.15, -0.1) is 0 Å². The molecule has 0 heterocycles. The molecule has 0 bridgehead atoms. The summed E-state index contributed by atoms with van der Waals surface area (Å²) in [5, 5.41) is 3.45. The Morgan fingerprint density at radius 1 is 0.882 bits per heavy atom. The van der Waals surface area contributed by atoms with Gasteiger partial charge in [-0.05, 0) is 0 Å². The van der Waals surface area contributed by atoms with Crippen LogP contribution in [-0.4, -0.2) is 16.1 Å². The van der Waals surface area contributed by atoms with Crippen molar-refractivity contribution in [3.8, 4) is 0 Å². The zero-order chi connectivity index (χ0) is 11.1. The summed E-state index contributed by atoms with van der Waals surface area (Å²) in [6, 6.07) is 0. The first-order valence-electron chi connectivity index (χ1n) is 5.27. The first kappa shape index (κ1) is 23.5. The smallest absolute Gasteiger partial charge is 1.00 e. The van der Waals surface area contributed by atoms with Crippen LogP contribution in [0.25, 0.3) is 0 Å². The molecule has 17 heavy (non-hydrogen) atoms. The third-order valence-electron chi connectivity index (χ3n) is 2.76. The van der Waals surface area contributed by atoms with Crippen molar-refractivity contribution >= 4 is 16.1 Å². The molecule has 0 amide bonds. The summed E-state index contributed by atoms with van der Waals surface area (Å²) in [7, 11) is -2.17. The number of allylic oxidation sites excluding steroid dienone is 4. The summed E-state index contributed by atoms with van der Waals surface area (Å²) in [5.74, 6) is 0. The van der Waals surface area contributed by atoms with Crippen LogP contribution in [0.4, 0.5) is 0 Å². The summed E-state index contributed by atoms with van der Waals surface area (Å²) < 4.78 is 1.59. The molecule has 0 saturated carbocycles. The van der Waals surface area contributed by atoms with Crippen molar-refractivity contribution in [2.24, 2.45) is 0 Å². The van der Waals surface area contributed by atoms with Gasteiger partial charge in [-0.2, -0.15) is 0 Å². The van der Waals surface area contributed by atoms with Crippen LogP contribution >= 0.6 is 0 Å². The molecule has 0 spiro atoms. The van der Waals surface area contributed by atoms with Crippen LogP contribution in [-0.2, 0) is 17.4 Å². The Labute approximate surface area is 136 Å². The topological polar surface area (TPSA) is 0 Å². The van der Waals surface area contributed by atoms with Crippen molar-refractivity contribution in [3.05, 3.63) is 20.8 Å². The van der Waals surface area contributed by atoms with Crippen molar-refractivity contribution in [1.29, 1.82) is 0 Å². The van der Waals surface area contributed by atoms with Crippen LogP contribution in [0.2, 0.25) is 39.3 Å². The van der Waals surface area contributed by atoms with E-state index in [9.17, 15) is 0 Å². The molecule has 0 aromatic heterocycles. The van der Waals surface area contributed by atoms with E-state index in [1.54, 1.807) is 14.7 Å². The van der Waals surface area contributed by atoms with Gasteiger partial charge >= 0.3 is 100 Å². The third kappa shape index (κ3) is 5.90. The molecular formula is C11H21Cl3Si2V. The monoisotopic (exact) mass is 365 g/mol. The molecule has 1 aliphatic carbocycles. The number of halogens is 3. The predicted molar refractivity (Wildman–Crippen MR) is 66.4 cm³/mol. The molecule has 0 aromatic carbocycles. The van der Waals surface area contributed by atoms with Crippen molar-refractivity contribution < 1.29 is 54.6 Å². The van der Waals surface area contributed by atoms with E-state index in [-0.39, 0.29) is 37.2 Å². The molecule has 6 heteroatoms. The van der Waals surface area contributed by atoms with Gasteiger partial charge in [0.05, 0.1) is 0 Å². The predicted octanol–water partition coefficient (Wildman–Crippen LogP) is -5.12. The van der Waals surface area contributed by atoms with E-state index >= 15 is 0 Å². The van der Waals surface area contributed by atoms with Gasteiger partial charge in [-0.25, -0.2) is 0 Å². The van der Waals surface area contributed by atoms with Crippen molar-refractivity contribution in [2.75, 3.05) is 0 Å². The fraction of sp³-hybridized carbons (Fsp3) is 0.636. The molecule has 1 rings (SSSR count). The maximum Gasteiger partial charge on any atom is -1.00 e. The molecule has 0 fully saturated rings. The minimum atomic E-state index is -1.10. The minimum Gasteiger partial charge on any atom is -1.00 e. The molecule has 0 nitrogen and oxygen atoms in total. The minimum absolute atomic E-state index is 0. The van der Waals surface area contributed by atoms with E-state index in [4.69, 9.17) is 0 Å². The largest absolute Gasteiger partial charge is 1.00 e. The molecule has 0 aromatic rings. The van der Waals surface area contributed by atoms with Gasteiger partial charge in [0.1, 0.15) is 0 Å². The van der Waals surface area contributed by atoms with E-state index in [1.807, 2.05) is 0 Å². The summed E-state index contributed by atoms with van der Waals surface area (Å²) in [5.41, 5.74) is 0. The van der Waals surface area contributed by atoms with Crippen LogP contribution in [0.5, 0.6) is 0 Å². The van der Waals surface area contributed by atoms with E-state index < -0.39 is 16.1 Å². The summed E-state index contributed by atoms with van der Waals surface area (Å²) in [6.07, 6.45) is 3.73. The number of hydrogen-bond donors (Lipinski definition) is 0. The van der Waals surface area contributed by atoms with E-state index in [1.165, 1.54) is 6.42 Å². The van der Waals surface area contributed by atoms with Gasteiger partial charge < -0.3 is 37.2 Å². The fourth-order valence-corrected chi connectivity index (χ4v) is 8.57. The first-order chi connectivity index (χ1) is 6.14. The molecule has 0 N–H and O–H groups in total. The molecule has 0 atom stereocenters. The van der Waals surface area contributed by atoms with Crippen LogP contribution < -0.4 is 37.2 Å². The Morgan fingerprint density at radius 3 is 1.47 bits per heavy atom. The van der Waals surface area contributed by atoms with Gasteiger partial charge in [-0.1, -0.05) is 0 Å². The summed E-state index contributed by atoms with van der Waals surface area (Å²) in [4.78, 5) is 0. The van der Waals surface area contributed by atoms with Gasteiger partial charge in [0.2, 0.25) is 0 Å². The second-order valence-corrected chi connectivity index (χ2v) is 17.0. The number of hydrogen-bond acceptors (Lipinski definition) is 0. The van der Waals surface area contributed by atoms with Crippen LogP contribution in [0.3, 0.4) is 0 Å². The zero-order valence-electron chi connectivity index (χ0n) is 11.4. The van der Waals surface area contributed by atoms with Gasteiger partial charge in [0.25, 0.3) is 0 Å². The fourth-order valence-electron chi connectivity index (χ4n) is 1.88. The molecule has 1 aliphatic rings. The van der Waals surface area contributed by atoms with Gasteiger partial charge in [0, 0.05) is 0 Å². The Balaban J connectivity index is -0.000000653. The molecule has 0 saturated heterocycles. The van der Waals surface area contributed by atoms with Crippen LogP contribution in [0.1, 0.15) is 6.42 Å². The van der Waals surface area contributed by atoms with Crippen LogP contribution in [0, 0.1) is 0 Å². The average molecular weight is 367 g/mol. The maximum atomic E-state index is 2.84. The Kier molecular flexibility index (Phi) is 10.8. The van der Waals surface area contributed by atoms with E-state index in [2.05, 4.69) is 62.8 Å². The van der Waals surface area contributed by atoms with E-state index in [0.29, 0.717) is 0 Å². The molecule has 0 unspecified atom stereocenters. The molecule has 0 radical (unpaired) electrons. The second kappa shape index (κ2) is 7.84. The third-order valence-corrected chi connectivity index (χ3v) is 8.57. The SMILES string of the molecule is C[Si](C)(C)C1=CCC([Si](C)(C)C)=[C]1[V+3].[Cl-].[Cl-].[Cl-]. The normalized spacial score (nSPS) is 15.6. The van der Waals surface area contributed by atoms with E-state index in [0.717, 1.165) is 0 Å². The van der Waals surface area contributed by atoms with Gasteiger partial charge in [-0.3, -0.25) is 0 Å². The second-order valence-electron chi connectivity index (χ2n) is 6.15. The first-order valence-corrected chi connectivity index (χ1v) is 13.0. The number of rotatable bonds is 2. The average Bonchev–Trinajstić information content (AvgIpc) is 2.26. The Bertz CT molecular complexity index is 294. The Morgan fingerprint density at radius 2 is 1.29 bits per heavy atom. The summed E-state index contributed by atoms with van der Waals surface area (Å²) >= 11 is 2.84. The van der Waals surface area contributed by atoms with Crippen LogP contribution in [0.15, 0.2) is 20.8 Å². The standard InChI is InChI=1S/C11H21Si2.3ClH.V/c1-12(2,3)10-7-8-11(9-10)13(4,5)6;;;;/h7H,8H2,1-6H3;3*1H;/q;;;;+3/p-3. The molecule has 99 valence electrons. The molecular weight excluding hydrogens is 346 g/mol. The quantitative estimate of drug-likeness (QED) is 0.429.